The van der Waals surface area contributed by atoms with Crippen molar-refractivity contribution in [3.8, 4) is 6.19 Å². The molecule has 0 atom stereocenters. The van der Waals surface area contributed by atoms with E-state index in [0.717, 1.165) is 11.1 Å². The van der Waals surface area contributed by atoms with E-state index in [1.165, 1.54) is 6.26 Å². The first-order valence-electron chi connectivity index (χ1n) is 14.2. The summed E-state index contributed by atoms with van der Waals surface area (Å²) < 4.78 is 28.7. The molecule has 0 aromatic heterocycles. The number of rotatable bonds is 9. The van der Waals surface area contributed by atoms with E-state index in [1.54, 1.807) is 29.2 Å². The Morgan fingerprint density at radius 1 is 0.952 bits per heavy atom. The van der Waals surface area contributed by atoms with E-state index in [9.17, 15) is 18.5 Å². The molecule has 0 unspecified atom stereocenters. The maximum atomic E-state index is 12.8. The number of aliphatic imine (C=N–C) groups is 1. The minimum Gasteiger partial charge on any atom is -0.342 e. The van der Waals surface area contributed by atoms with E-state index in [1.807, 2.05) is 85.6 Å². The molecule has 1 amide bonds. The monoisotopic (exact) mass is 586 g/mol. The van der Waals surface area contributed by atoms with Crippen molar-refractivity contribution in [2.45, 2.75) is 32.2 Å². The van der Waals surface area contributed by atoms with Crippen LogP contribution in [0.3, 0.4) is 0 Å². The van der Waals surface area contributed by atoms with Gasteiger partial charge < -0.3 is 9.80 Å². The van der Waals surface area contributed by atoms with Gasteiger partial charge in [-0.2, -0.15) is 5.26 Å². The van der Waals surface area contributed by atoms with Crippen LogP contribution in [-0.2, 0) is 15.6 Å². The molecule has 0 spiro atoms. The number of sulfonamides is 1. The molecule has 0 saturated carbocycles. The van der Waals surface area contributed by atoms with Gasteiger partial charge in [-0.25, -0.2) is 18.1 Å². The smallest absolute Gasteiger partial charge is 0.253 e. The first-order chi connectivity index (χ1) is 20.2. The summed E-state index contributed by atoms with van der Waals surface area (Å²) in [6, 6.07) is 26.5. The summed E-state index contributed by atoms with van der Waals surface area (Å²) in [5, 5.41) is 12.2. The quantitative estimate of drug-likeness (QED) is 0.166. The van der Waals surface area contributed by atoms with Crippen molar-refractivity contribution in [2.24, 2.45) is 10.9 Å². The van der Waals surface area contributed by atoms with Crippen LogP contribution in [-0.4, -0.2) is 62.5 Å². The molecule has 220 valence electrons. The molecule has 9 nitrogen and oxygen atoms in total. The molecule has 0 radical (unpaired) electrons. The number of benzene rings is 3. The van der Waals surface area contributed by atoms with Crippen molar-refractivity contribution < 1.29 is 13.2 Å². The number of nitrogens with one attached hydrogen (secondary N) is 2. The number of carbonyl (C=O) groups excluding carboxylic acids is 1. The summed E-state index contributed by atoms with van der Waals surface area (Å²) >= 11 is 0. The third-order valence-electron chi connectivity index (χ3n) is 7.78. The van der Waals surface area contributed by atoms with E-state index in [0.29, 0.717) is 56.2 Å². The van der Waals surface area contributed by atoms with Crippen LogP contribution in [0.15, 0.2) is 89.9 Å². The van der Waals surface area contributed by atoms with Crippen LogP contribution in [0.4, 0.5) is 5.69 Å². The van der Waals surface area contributed by atoms with Gasteiger partial charge in [0.05, 0.1) is 17.5 Å². The van der Waals surface area contributed by atoms with Gasteiger partial charge in [0.25, 0.3) is 5.91 Å². The predicted molar refractivity (Wildman–Crippen MR) is 165 cm³/mol. The lowest BCUT2D eigenvalue weighted by Crippen LogP contribution is -2.55. The normalized spacial score (nSPS) is 14.7. The van der Waals surface area contributed by atoms with Crippen LogP contribution < -0.4 is 10.0 Å². The van der Waals surface area contributed by atoms with Crippen LogP contribution in [0.5, 0.6) is 0 Å². The number of guanidine groups is 1. The lowest BCUT2D eigenvalue weighted by molar-refractivity contribution is 0.0773. The molecule has 0 bridgehead atoms. The SMILES string of the molecule is CCN(CC)C(=O)c1ccc(N=C(NC#N)N2CCC(C(NS(C)(=O)=O)(c3ccccc3)c3ccccc3)CC2)cc1. The summed E-state index contributed by atoms with van der Waals surface area (Å²) in [4.78, 5) is 21.1. The first kappa shape index (κ1) is 30.8. The van der Waals surface area contributed by atoms with Gasteiger partial charge in [0.2, 0.25) is 16.0 Å². The Kier molecular flexibility index (Phi) is 9.99. The van der Waals surface area contributed by atoms with Crippen LogP contribution >= 0.6 is 0 Å². The minimum atomic E-state index is -3.60. The number of carbonyl (C=O) groups is 1. The summed E-state index contributed by atoms with van der Waals surface area (Å²) in [6.07, 6.45) is 4.49. The second-order valence-electron chi connectivity index (χ2n) is 10.4. The molecule has 10 heteroatoms. The number of likely N-dealkylation sites (tertiary alicyclic amines) is 1. The van der Waals surface area contributed by atoms with E-state index in [-0.39, 0.29) is 11.8 Å². The van der Waals surface area contributed by atoms with E-state index in [2.05, 4.69) is 10.0 Å². The summed E-state index contributed by atoms with van der Waals surface area (Å²) in [5.74, 6) is 0.317. The topological polar surface area (TPSA) is 118 Å². The molecule has 42 heavy (non-hydrogen) atoms. The van der Waals surface area contributed by atoms with Crippen molar-refractivity contribution in [1.82, 2.24) is 19.8 Å². The van der Waals surface area contributed by atoms with Crippen molar-refractivity contribution >= 4 is 27.6 Å². The molecule has 1 heterocycles. The fourth-order valence-electron chi connectivity index (χ4n) is 5.78. The van der Waals surface area contributed by atoms with Crippen LogP contribution in [0, 0.1) is 17.4 Å². The van der Waals surface area contributed by atoms with Crippen LogP contribution in [0.1, 0.15) is 48.2 Å². The van der Waals surface area contributed by atoms with Gasteiger partial charge >= 0.3 is 0 Å². The molecular weight excluding hydrogens is 548 g/mol. The summed E-state index contributed by atoms with van der Waals surface area (Å²) in [6.45, 7) is 6.29. The maximum absolute atomic E-state index is 12.8. The predicted octanol–water partition coefficient (Wildman–Crippen LogP) is 4.43. The Labute approximate surface area is 248 Å². The van der Waals surface area contributed by atoms with Gasteiger partial charge in [-0.3, -0.25) is 10.1 Å². The molecule has 0 aliphatic carbocycles. The number of amides is 1. The van der Waals surface area contributed by atoms with Crippen molar-refractivity contribution in [3.63, 3.8) is 0 Å². The largest absolute Gasteiger partial charge is 0.342 e. The van der Waals surface area contributed by atoms with Crippen LogP contribution in [0.2, 0.25) is 0 Å². The van der Waals surface area contributed by atoms with Gasteiger partial charge in [-0.15, -0.1) is 0 Å². The molecule has 1 aliphatic heterocycles. The third kappa shape index (κ3) is 6.98. The Balaban J connectivity index is 1.62. The number of nitrogens with zero attached hydrogens (tertiary/aromatic N) is 4. The average Bonchev–Trinajstić information content (AvgIpc) is 3.01. The van der Waals surface area contributed by atoms with E-state index >= 15 is 0 Å². The molecule has 4 rings (SSSR count). The van der Waals surface area contributed by atoms with Gasteiger partial charge in [0.15, 0.2) is 6.19 Å². The molecule has 1 saturated heterocycles. The highest BCUT2D eigenvalue weighted by Crippen LogP contribution is 2.42. The second-order valence-corrected chi connectivity index (χ2v) is 12.1. The minimum absolute atomic E-state index is 0.0315. The zero-order valence-corrected chi connectivity index (χ0v) is 25.1. The molecule has 1 fully saturated rings. The first-order valence-corrected chi connectivity index (χ1v) is 16.1. The standard InChI is InChI=1S/C32H38N6O3S/c1-4-37(5-2)30(39)25-16-18-29(19-17-25)35-31(34-24-33)38-22-20-28(21-23-38)32(36-42(3,40)41,26-12-8-6-9-13-26)27-14-10-7-11-15-27/h6-19,28,36H,4-5,20-23H2,1-3H3,(H,34,35). The van der Waals surface area contributed by atoms with Crippen molar-refractivity contribution in [2.75, 3.05) is 32.4 Å². The molecule has 1 aliphatic rings. The lowest BCUT2D eigenvalue weighted by atomic mass is 9.70. The number of piperidine rings is 1. The Morgan fingerprint density at radius 2 is 1.48 bits per heavy atom. The van der Waals surface area contributed by atoms with Crippen LogP contribution in [0.25, 0.3) is 0 Å². The number of hydrogen-bond acceptors (Lipinski definition) is 5. The summed E-state index contributed by atoms with van der Waals surface area (Å²) in [5.41, 5.74) is 2.00. The fraction of sp³-hybridized carbons (Fsp3) is 0.344. The lowest BCUT2D eigenvalue weighted by Gasteiger charge is -2.46. The van der Waals surface area contributed by atoms with Gasteiger partial charge in [0, 0.05) is 31.7 Å². The van der Waals surface area contributed by atoms with Gasteiger partial charge in [-0.1, -0.05) is 60.7 Å². The van der Waals surface area contributed by atoms with Crippen molar-refractivity contribution in [1.29, 1.82) is 5.26 Å². The van der Waals surface area contributed by atoms with Gasteiger partial charge in [0.1, 0.15) is 0 Å². The Hall–Kier alpha value is -4.20. The zero-order chi connectivity index (χ0) is 30.2. The molecule has 3 aromatic carbocycles. The highest BCUT2D eigenvalue weighted by atomic mass is 32.2. The van der Waals surface area contributed by atoms with Crippen molar-refractivity contribution in [3.05, 3.63) is 102 Å². The second kappa shape index (κ2) is 13.6. The Bertz CT molecular complexity index is 1470. The molecule has 2 N–H and O–H groups in total. The fourth-order valence-corrected chi connectivity index (χ4v) is 6.77. The average molecular weight is 587 g/mol. The zero-order valence-electron chi connectivity index (χ0n) is 24.3. The highest BCUT2D eigenvalue weighted by molar-refractivity contribution is 7.88. The third-order valence-corrected chi connectivity index (χ3v) is 8.47. The highest BCUT2D eigenvalue weighted by Gasteiger charge is 2.45. The maximum Gasteiger partial charge on any atom is 0.253 e. The Morgan fingerprint density at radius 3 is 1.93 bits per heavy atom. The summed E-state index contributed by atoms with van der Waals surface area (Å²) in [7, 11) is -3.60. The molecular formula is C32H38N6O3S. The molecule has 3 aromatic rings. The van der Waals surface area contributed by atoms with Gasteiger partial charge in [-0.05, 0) is 68.0 Å². The van der Waals surface area contributed by atoms with E-state index < -0.39 is 15.6 Å². The number of nitriles is 1. The van der Waals surface area contributed by atoms with E-state index in [4.69, 9.17) is 4.99 Å². The number of hydrogen-bond donors (Lipinski definition) is 2.